The number of amides is 1. The molecule has 1 fully saturated rings. The van der Waals surface area contributed by atoms with Crippen LogP contribution in [0.5, 0.6) is 0 Å². The summed E-state index contributed by atoms with van der Waals surface area (Å²) in [5, 5.41) is 3.78. The minimum atomic E-state index is 0.0644. The lowest BCUT2D eigenvalue weighted by Gasteiger charge is -2.33. The van der Waals surface area contributed by atoms with Crippen molar-refractivity contribution in [3.05, 3.63) is 34.3 Å². The van der Waals surface area contributed by atoms with Crippen LogP contribution in [0.3, 0.4) is 0 Å². The molecule has 1 heterocycles. The molecule has 0 bridgehead atoms. The molecule has 0 aliphatic carbocycles. The van der Waals surface area contributed by atoms with Gasteiger partial charge in [-0.3, -0.25) is 4.79 Å². The summed E-state index contributed by atoms with van der Waals surface area (Å²) in [6.45, 7) is 4.55. The summed E-state index contributed by atoms with van der Waals surface area (Å²) in [6, 6.07) is 5.64. The second kappa shape index (κ2) is 6.40. The van der Waals surface area contributed by atoms with Crippen LogP contribution in [-0.2, 0) is 0 Å². The fourth-order valence-electron chi connectivity index (χ4n) is 2.69. The van der Waals surface area contributed by atoms with Crippen LogP contribution < -0.4 is 5.32 Å². The van der Waals surface area contributed by atoms with Crippen molar-refractivity contribution < 1.29 is 4.79 Å². The Morgan fingerprint density at radius 2 is 2.32 bits per heavy atom. The summed E-state index contributed by atoms with van der Waals surface area (Å²) in [5.74, 6) is 0.612. The number of benzene rings is 1. The molecule has 19 heavy (non-hydrogen) atoms. The minimum absolute atomic E-state index is 0.0644. The molecule has 1 saturated heterocycles. The Morgan fingerprint density at radius 1 is 1.53 bits per heavy atom. The largest absolute Gasteiger partial charge is 0.338 e. The van der Waals surface area contributed by atoms with E-state index in [1.54, 1.807) is 0 Å². The topological polar surface area (TPSA) is 32.3 Å². The van der Waals surface area contributed by atoms with Crippen molar-refractivity contribution >= 4 is 17.5 Å². The molecule has 0 radical (unpaired) electrons. The molecule has 2 rings (SSSR count). The maximum atomic E-state index is 12.5. The molecule has 1 N–H and O–H groups in total. The monoisotopic (exact) mass is 280 g/mol. The molecule has 1 aromatic carbocycles. The number of carbonyl (C=O) groups is 1. The fourth-order valence-corrected chi connectivity index (χ4v) is 2.89. The number of halogens is 1. The lowest BCUT2D eigenvalue weighted by Crippen LogP contribution is -2.42. The summed E-state index contributed by atoms with van der Waals surface area (Å²) in [4.78, 5) is 14.5. The van der Waals surface area contributed by atoms with E-state index >= 15 is 0 Å². The van der Waals surface area contributed by atoms with E-state index in [-0.39, 0.29) is 5.91 Å². The van der Waals surface area contributed by atoms with Crippen LogP contribution >= 0.6 is 11.6 Å². The van der Waals surface area contributed by atoms with Crippen molar-refractivity contribution in [2.45, 2.75) is 19.8 Å². The number of aryl methyl sites for hydroxylation is 1. The van der Waals surface area contributed by atoms with E-state index in [0.717, 1.165) is 31.6 Å². The van der Waals surface area contributed by atoms with Gasteiger partial charge in [0.15, 0.2) is 0 Å². The van der Waals surface area contributed by atoms with E-state index in [9.17, 15) is 4.79 Å². The highest BCUT2D eigenvalue weighted by Crippen LogP contribution is 2.24. The van der Waals surface area contributed by atoms with Gasteiger partial charge in [-0.2, -0.15) is 0 Å². The summed E-state index contributed by atoms with van der Waals surface area (Å²) in [6.07, 6.45) is 2.26. The maximum absolute atomic E-state index is 12.5. The number of nitrogens with one attached hydrogen (secondary N) is 1. The molecule has 3 nitrogen and oxygen atoms in total. The standard InChI is InChI=1S/C15H21ClN2O/c1-11-5-3-7-13(14(11)16)15(19)18-8-4-6-12(10-18)9-17-2/h3,5,7,12,17H,4,6,8-10H2,1-2H3. The Kier molecular flexibility index (Phi) is 4.83. The predicted octanol–water partition coefficient (Wildman–Crippen LogP) is 2.72. The predicted molar refractivity (Wildman–Crippen MR) is 78.7 cm³/mol. The molecule has 0 saturated carbocycles. The van der Waals surface area contributed by atoms with Crippen molar-refractivity contribution in [3.63, 3.8) is 0 Å². The Morgan fingerprint density at radius 3 is 3.05 bits per heavy atom. The number of carbonyl (C=O) groups excluding carboxylic acids is 1. The molecule has 1 aromatic rings. The first kappa shape index (κ1) is 14.4. The van der Waals surface area contributed by atoms with Gasteiger partial charge in [0.25, 0.3) is 5.91 Å². The zero-order chi connectivity index (χ0) is 13.8. The zero-order valence-electron chi connectivity index (χ0n) is 11.6. The smallest absolute Gasteiger partial charge is 0.255 e. The van der Waals surface area contributed by atoms with Gasteiger partial charge in [0.05, 0.1) is 10.6 Å². The second-order valence-electron chi connectivity index (χ2n) is 5.25. The van der Waals surface area contributed by atoms with E-state index in [1.807, 2.05) is 37.1 Å². The van der Waals surface area contributed by atoms with Crippen LogP contribution in [-0.4, -0.2) is 37.5 Å². The maximum Gasteiger partial charge on any atom is 0.255 e. The Labute approximate surface area is 119 Å². The van der Waals surface area contributed by atoms with Crippen LogP contribution in [0.4, 0.5) is 0 Å². The van der Waals surface area contributed by atoms with Crippen molar-refractivity contribution in [2.75, 3.05) is 26.7 Å². The summed E-state index contributed by atoms with van der Waals surface area (Å²) >= 11 is 6.25. The number of piperidine rings is 1. The number of likely N-dealkylation sites (tertiary alicyclic amines) is 1. The van der Waals surface area contributed by atoms with Gasteiger partial charge in [0.2, 0.25) is 0 Å². The highest BCUT2D eigenvalue weighted by molar-refractivity contribution is 6.34. The highest BCUT2D eigenvalue weighted by Gasteiger charge is 2.25. The molecular formula is C15H21ClN2O. The molecule has 4 heteroatoms. The lowest BCUT2D eigenvalue weighted by molar-refractivity contribution is 0.0674. The third-order valence-corrected chi connectivity index (χ3v) is 4.22. The number of rotatable bonds is 3. The van der Waals surface area contributed by atoms with Gasteiger partial charge in [-0.15, -0.1) is 0 Å². The Hall–Kier alpha value is -1.06. The molecule has 0 aromatic heterocycles. The molecule has 0 spiro atoms. The van der Waals surface area contributed by atoms with Crippen LogP contribution in [0.1, 0.15) is 28.8 Å². The third-order valence-electron chi connectivity index (χ3n) is 3.72. The normalized spacial score (nSPS) is 19.5. The van der Waals surface area contributed by atoms with Crippen LogP contribution in [0.15, 0.2) is 18.2 Å². The first-order valence-electron chi connectivity index (χ1n) is 6.82. The molecule has 1 aliphatic heterocycles. The van der Waals surface area contributed by atoms with E-state index in [1.165, 1.54) is 6.42 Å². The van der Waals surface area contributed by atoms with Gasteiger partial charge in [0, 0.05) is 13.1 Å². The SMILES string of the molecule is CNCC1CCCN(C(=O)c2cccc(C)c2Cl)C1. The number of hydrogen-bond donors (Lipinski definition) is 1. The van der Waals surface area contributed by atoms with Gasteiger partial charge >= 0.3 is 0 Å². The van der Waals surface area contributed by atoms with Gasteiger partial charge in [-0.1, -0.05) is 23.7 Å². The molecule has 1 aliphatic rings. The summed E-state index contributed by atoms with van der Waals surface area (Å²) in [7, 11) is 1.96. The first-order chi connectivity index (χ1) is 9.13. The van der Waals surface area contributed by atoms with E-state index in [0.29, 0.717) is 16.5 Å². The molecule has 1 amide bonds. The van der Waals surface area contributed by atoms with E-state index in [2.05, 4.69) is 5.32 Å². The summed E-state index contributed by atoms with van der Waals surface area (Å²) in [5.41, 5.74) is 1.59. The van der Waals surface area contributed by atoms with E-state index in [4.69, 9.17) is 11.6 Å². The average molecular weight is 281 g/mol. The Balaban J connectivity index is 2.12. The summed E-state index contributed by atoms with van der Waals surface area (Å²) < 4.78 is 0. The Bertz CT molecular complexity index is 459. The van der Waals surface area contributed by atoms with Crippen LogP contribution in [0, 0.1) is 12.8 Å². The quantitative estimate of drug-likeness (QED) is 0.923. The molecule has 1 atom stereocenters. The lowest BCUT2D eigenvalue weighted by atomic mass is 9.97. The van der Waals surface area contributed by atoms with Crippen molar-refractivity contribution in [1.82, 2.24) is 10.2 Å². The average Bonchev–Trinajstić information content (AvgIpc) is 2.42. The van der Waals surface area contributed by atoms with Gasteiger partial charge < -0.3 is 10.2 Å². The van der Waals surface area contributed by atoms with Crippen LogP contribution in [0.2, 0.25) is 5.02 Å². The first-order valence-corrected chi connectivity index (χ1v) is 7.20. The highest BCUT2D eigenvalue weighted by atomic mass is 35.5. The van der Waals surface area contributed by atoms with Gasteiger partial charge in [0.1, 0.15) is 0 Å². The molecule has 1 unspecified atom stereocenters. The minimum Gasteiger partial charge on any atom is -0.338 e. The van der Waals surface area contributed by atoms with Crippen LogP contribution in [0.25, 0.3) is 0 Å². The number of hydrogen-bond acceptors (Lipinski definition) is 2. The third kappa shape index (κ3) is 3.28. The molecular weight excluding hydrogens is 260 g/mol. The fraction of sp³-hybridized carbons (Fsp3) is 0.533. The van der Waals surface area contributed by atoms with Crippen molar-refractivity contribution in [1.29, 1.82) is 0 Å². The van der Waals surface area contributed by atoms with Gasteiger partial charge in [-0.25, -0.2) is 0 Å². The zero-order valence-corrected chi connectivity index (χ0v) is 12.3. The number of nitrogens with zero attached hydrogens (tertiary/aromatic N) is 1. The van der Waals surface area contributed by atoms with Crippen molar-refractivity contribution in [2.24, 2.45) is 5.92 Å². The molecule has 104 valence electrons. The second-order valence-corrected chi connectivity index (χ2v) is 5.63. The van der Waals surface area contributed by atoms with Gasteiger partial charge in [-0.05, 0) is 50.9 Å². The van der Waals surface area contributed by atoms with E-state index < -0.39 is 0 Å². The van der Waals surface area contributed by atoms with Crippen molar-refractivity contribution in [3.8, 4) is 0 Å².